The van der Waals surface area contributed by atoms with Crippen LogP contribution >= 0.6 is 11.6 Å². The summed E-state index contributed by atoms with van der Waals surface area (Å²) in [6.45, 7) is 1.50. The zero-order chi connectivity index (χ0) is 16.1. The third kappa shape index (κ3) is 2.07. The van der Waals surface area contributed by atoms with Gasteiger partial charge in [-0.3, -0.25) is 19.7 Å². The van der Waals surface area contributed by atoms with Crippen LogP contribution in [-0.4, -0.2) is 22.7 Å². The van der Waals surface area contributed by atoms with Gasteiger partial charge in [0, 0.05) is 17.0 Å². The Hall–Kier alpha value is -2.34. The second kappa shape index (κ2) is 4.84. The monoisotopic (exact) mass is 321 g/mol. The number of hydrogen-bond acceptors (Lipinski definition) is 5. The van der Waals surface area contributed by atoms with Crippen molar-refractivity contribution in [1.82, 2.24) is 5.32 Å². The van der Waals surface area contributed by atoms with Crippen molar-refractivity contribution in [3.63, 3.8) is 0 Å². The van der Waals surface area contributed by atoms with E-state index in [2.05, 4.69) is 5.32 Å². The first-order valence-electron chi connectivity index (χ1n) is 6.59. The van der Waals surface area contributed by atoms with E-state index < -0.39 is 34.9 Å². The van der Waals surface area contributed by atoms with Gasteiger partial charge in [-0.1, -0.05) is 23.7 Å². The summed E-state index contributed by atoms with van der Waals surface area (Å²) in [5, 5.41) is 12.7. The molecule has 0 saturated carbocycles. The second-order valence-corrected chi connectivity index (χ2v) is 5.79. The van der Waals surface area contributed by atoms with Crippen LogP contribution in [-0.2, 0) is 24.7 Å². The standard InChI is InChI=1S/C15H12ClNO5/c1-15(7-2-4-8(16)5-3-7)13(20)11(19)12(22-15)9-6-10(18)17-14(9)21/h2-5,9,19H,6H2,1H3,(H,17,18,21). The third-order valence-corrected chi connectivity index (χ3v) is 4.13. The lowest BCUT2D eigenvalue weighted by Gasteiger charge is -2.24. The fraction of sp³-hybridized carbons (Fsp3) is 0.267. The van der Waals surface area contributed by atoms with Crippen LogP contribution < -0.4 is 5.32 Å². The largest absolute Gasteiger partial charge is 0.502 e. The quantitative estimate of drug-likeness (QED) is 0.807. The van der Waals surface area contributed by atoms with E-state index in [4.69, 9.17) is 16.3 Å². The molecule has 2 atom stereocenters. The van der Waals surface area contributed by atoms with Crippen LogP contribution in [0.4, 0.5) is 0 Å². The number of carbonyl (C=O) groups is 3. The van der Waals surface area contributed by atoms with Crippen LogP contribution in [0.2, 0.25) is 5.02 Å². The number of nitrogens with one attached hydrogen (secondary N) is 1. The summed E-state index contributed by atoms with van der Waals surface area (Å²) in [6.07, 6.45) is -0.151. The Morgan fingerprint density at radius 1 is 1.27 bits per heavy atom. The molecule has 2 heterocycles. The van der Waals surface area contributed by atoms with Gasteiger partial charge >= 0.3 is 0 Å². The van der Waals surface area contributed by atoms with E-state index in [1.165, 1.54) is 6.92 Å². The summed E-state index contributed by atoms with van der Waals surface area (Å²) in [4.78, 5) is 35.4. The van der Waals surface area contributed by atoms with Crippen LogP contribution in [0.25, 0.3) is 0 Å². The lowest BCUT2D eigenvalue weighted by molar-refractivity contribution is -0.133. The summed E-state index contributed by atoms with van der Waals surface area (Å²) in [5.74, 6) is -3.47. The molecule has 2 aliphatic heterocycles. The topological polar surface area (TPSA) is 92.7 Å². The molecule has 2 aliphatic rings. The minimum Gasteiger partial charge on any atom is -0.502 e. The van der Waals surface area contributed by atoms with Crippen LogP contribution in [0, 0.1) is 5.92 Å². The van der Waals surface area contributed by atoms with Crippen molar-refractivity contribution in [2.75, 3.05) is 0 Å². The van der Waals surface area contributed by atoms with E-state index in [-0.39, 0.29) is 12.2 Å². The number of rotatable bonds is 2. The number of carbonyl (C=O) groups excluding carboxylic acids is 3. The smallest absolute Gasteiger partial charge is 0.248 e. The zero-order valence-corrected chi connectivity index (χ0v) is 12.3. The Balaban J connectivity index is 1.96. The van der Waals surface area contributed by atoms with Crippen molar-refractivity contribution >= 4 is 29.2 Å². The predicted octanol–water partition coefficient (Wildman–Crippen LogP) is 1.59. The molecule has 1 aromatic carbocycles. The first-order valence-corrected chi connectivity index (χ1v) is 6.97. The summed E-state index contributed by atoms with van der Waals surface area (Å²) in [5.41, 5.74) is -0.955. The van der Waals surface area contributed by atoms with Gasteiger partial charge in [0.1, 0.15) is 5.92 Å². The molecule has 0 aliphatic carbocycles. The number of amides is 2. The highest BCUT2D eigenvalue weighted by atomic mass is 35.5. The number of hydrogen-bond donors (Lipinski definition) is 2. The summed E-state index contributed by atoms with van der Waals surface area (Å²) in [6, 6.07) is 6.41. The van der Waals surface area contributed by atoms with Gasteiger partial charge in [-0.25, -0.2) is 0 Å². The number of aliphatic hydroxyl groups excluding tert-OH is 1. The number of Topliss-reactive ketones (excluding diaryl/α,β-unsaturated/α-hetero) is 1. The minimum absolute atomic E-state index is 0.151. The van der Waals surface area contributed by atoms with Crippen LogP contribution in [0.1, 0.15) is 18.9 Å². The molecule has 7 heteroatoms. The fourth-order valence-corrected chi connectivity index (χ4v) is 2.74. The molecule has 3 rings (SSSR count). The molecule has 2 amide bonds. The molecule has 1 saturated heterocycles. The number of imide groups is 1. The van der Waals surface area contributed by atoms with Crippen molar-refractivity contribution in [3.8, 4) is 0 Å². The third-order valence-electron chi connectivity index (χ3n) is 3.88. The lowest BCUT2D eigenvalue weighted by atomic mass is 9.91. The normalized spacial score (nSPS) is 28.1. The van der Waals surface area contributed by atoms with Gasteiger partial charge in [-0.2, -0.15) is 0 Å². The molecule has 114 valence electrons. The molecule has 0 aromatic heterocycles. The average molecular weight is 322 g/mol. The molecule has 0 radical (unpaired) electrons. The highest BCUT2D eigenvalue weighted by Gasteiger charge is 2.52. The Kier molecular flexibility index (Phi) is 3.21. The van der Waals surface area contributed by atoms with E-state index in [0.717, 1.165) is 0 Å². The summed E-state index contributed by atoms with van der Waals surface area (Å²) >= 11 is 5.82. The number of halogens is 1. The maximum atomic E-state index is 12.4. The highest BCUT2D eigenvalue weighted by molar-refractivity contribution is 6.30. The molecular weight excluding hydrogens is 310 g/mol. The van der Waals surface area contributed by atoms with E-state index in [1.807, 2.05) is 0 Å². The van der Waals surface area contributed by atoms with E-state index in [9.17, 15) is 19.5 Å². The molecule has 22 heavy (non-hydrogen) atoms. The van der Waals surface area contributed by atoms with Gasteiger partial charge in [0.05, 0.1) is 0 Å². The molecule has 0 spiro atoms. The van der Waals surface area contributed by atoms with Crippen LogP contribution in [0.5, 0.6) is 0 Å². The molecule has 0 bridgehead atoms. The predicted molar refractivity (Wildman–Crippen MR) is 75.8 cm³/mol. The van der Waals surface area contributed by atoms with E-state index in [0.29, 0.717) is 10.6 Å². The number of aliphatic hydroxyl groups is 1. The Labute approximate surface area is 130 Å². The van der Waals surface area contributed by atoms with Gasteiger partial charge in [-0.15, -0.1) is 0 Å². The summed E-state index contributed by atoms with van der Waals surface area (Å²) in [7, 11) is 0. The number of ether oxygens (including phenoxy) is 1. The molecule has 2 unspecified atom stereocenters. The Morgan fingerprint density at radius 2 is 1.91 bits per heavy atom. The van der Waals surface area contributed by atoms with Gasteiger partial charge in [0.2, 0.25) is 23.4 Å². The number of ketones is 1. The van der Waals surface area contributed by atoms with Gasteiger partial charge in [-0.05, 0) is 19.1 Å². The average Bonchev–Trinajstić information content (AvgIpc) is 2.92. The molecular formula is C15H12ClNO5. The van der Waals surface area contributed by atoms with Gasteiger partial charge < -0.3 is 9.84 Å². The van der Waals surface area contributed by atoms with Gasteiger partial charge in [0.15, 0.2) is 11.4 Å². The first-order chi connectivity index (χ1) is 10.3. The molecule has 2 N–H and O–H groups in total. The zero-order valence-electron chi connectivity index (χ0n) is 11.6. The van der Waals surface area contributed by atoms with Crippen molar-refractivity contribution in [3.05, 3.63) is 46.4 Å². The lowest BCUT2D eigenvalue weighted by Crippen LogP contribution is -2.31. The summed E-state index contributed by atoms with van der Waals surface area (Å²) < 4.78 is 5.63. The van der Waals surface area contributed by atoms with Crippen molar-refractivity contribution < 1.29 is 24.2 Å². The van der Waals surface area contributed by atoms with E-state index in [1.54, 1.807) is 24.3 Å². The first kappa shape index (κ1) is 14.6. The second-order valence-electron chi connectivity index (χ2n) is 5.35. The van der Waals surface area contributed by atoms with Crippen molar-refractivity contribution in [1.29, 1.82) is 0 Å². The fourth-order valence-electron chi connectivity index (χ4n) is 2.61. The molecule has 1 fully saturated rings. The van der Waals surface area contributed by atoms with Crippen molar-refractivity contribution in [2.24, 2.45) is 5.92 Å². The highest BCUT2D eigenvalue weighted by Crippen LogP contribution is 2.42. The minimum atomic E-state index is -1.45. The van der Waals surface area contributed by atoms with E-state index >= 15 is 0 Å². The van der Waals surface area contributed by atoms with Crippen molar-refractivity contribution in [2.45, 2.75) is 18.9 Å². The van der Waals surface area contributed by atoms with Crippen LogP contribution in [0.3, 0.4) is 0 Å². The number of benzene rings is 1. The molecule has 1 aromatic rings. The Morgan fingerprint density at radius 3 is 2.45 bits per heavy atom. The molecule has 6 nitrogen and oxygen atoms in total. The van der Waals surface area contributed by atoms with Gasteiger partial charge in [0.25, 0.3) is 0 Å². The Bertz CT molecular complexity index is 724. The maximum Gasteiger partial charge on any atom is 0.248 e. The SMILES string of the molecule is CC1(c2ccc(Cl)cc2)OC(C2CC(=O)NC2=O)=C(O)C1=O. The van der Waals surface area contributed by atoms with Crippen LogP contribution in [0.15, 0.2) is 35.8 Å². The maximum absolute atomic E-state index is 12.4.